The van der Waals surface area contributed by atoms with E-state index in [0.717, 1.165) is 19.3 Å². The summed E-state index contributed by atoms with van der Waals surface area (Å²) < 4.78 is 0.0319. The van der Waals surface area contributed by atoms with Crippen LogP contribution in [-0.2, 0) is 4.79 Å². The zero-order valence-corrected chi connectivity index (χ0v) is 10.4. The first kappa shape index (κ1) is 10.4. The van der Waals surface area contributed by atoms with E-state index in [1.165, 1.54) is 6.42 Å². The first-order chi connectivity index (χ1) is 6.43. The number of halogens is 1. The fraction of sp³-hybridized carbons (Fsp3) is 0.750. The molecule has 0 aromatic carbocycles. The van der Waals surface area contributed by atoms with Crippen LogP contribution in [0.4, 0.5) is 0 Å². The van der Waals surface area contributed by atoms with Gasteiger partial charge < -0.3 is 0 Å². The SMILES string of the molecule is CC1(Br)C=CC2(C)CCCC(=O)C2C1. The van der Waals surface area contributed by atoms with Crippen molar-refractivity contribution in [1.82, 2.24) is 0 Å². The Morgan fingerprint density at radius 2 is 2.14 bits per heavy atom. The van der Waals surface area contributed by atoms with Crippen LogP contribution in [0.2, 0.25) is 0 Å². The van der Waals surface area contributed by atoms with Gasteiger partial charge in [0.25, 0.3) is 0 Å². The first-order valence-electron chi connectivity index (χ1n) is 5.35. The van der Waals surface area contributed by atoms with Crippen molar-refractivity contribution in [2.75, 3.05) is 0 Å². The standard InChI is InChI=1S/C12H17BrO/c1-11-5-3-4-10(14)9(11)8-12(2,13)7-6-11/h6-7,9H,3-5,8H2,1-2H3. The third kappa shape index (κ3) is 1.69. The van der Waals surface area contributed by atoms with Crippen molar-refractivity contribution in [2.24, 2.45) is 11.3 Å². The lowest BCUT2D eigenvalue weighted by molar-refractivity contribution is -0.129. The molecule has 3 unspecified atom stereocenters. The molecule has 0 aromatic rings. The van der Waals surface area contributed by atoms with Crippen LogP contribution in [0.5, 0.6) is 0 Å². The zero-order valence-electron chi connectivity index (χ0n) is 8.85. The van der Waals surface area contributed by atoms with E-state index in [9.17, 15) is 4.79 Å². The van der Waals surface area contributed by atoms with Gasteiger partial charge in [0, 0.05) is 16.7 Å². The Labute approximate surface area is 94.1 Å². The predicted octanol–water partition coefficient (Wildman–Crippen LogP) is 3.48. The van der Waals surface area contributed by atoms with Crippen molar-refractivity contribution < 1.29 is 4.79 Å². The average molecular weight is 257 g/mol. The van der Waals surface area contributed by atoms with Gasteiger partial charge >= 0.3 is 0 Å². The summed E-state index contributed by atoms with van der Waals surface area (Å²) in [6.07, 6.45) is 8.46. The predicted molar refractivity (Wildman–Crippen MR) is 61.5 cm³/mol. The number of fused-ring (bicyclic) bond motifs is 1. The highest BCUT2D eigenvalue weighted by Gasteiger charge is 2.45. The van der Waals surface area contributed by atoms with Crippen LogP contribution in [0.25, 0.3) is 0 Å². The minimum Gasteiger partial charge on any atom is -0.299 e. The normalized spacial score (nSPS) is 47.6. The van der Waals surface area contributed by atoms with Gasteiger partial charge in [-0.15, -0.1) is 0 Å². The van der Waals surface area contributed by atoms with E-state index in [1.807, 2.05) is 0 Å². The van der Waals surface area contributed by atoms with Crippen LogP contribution in [0, 0.1) is 11.3 Å². The number of allylic oxidation sites excluding steroid dienone is 2. The van der Waals surface area contributed by atoms with Gasteiger partial charge in [-0.05, 0) is 31.6 Å². The third-order valence-electron chi connectivity index (χ3n) is 3.74. The highest BCUT2D eigenvalue weighted by molar-refractivity contribution is 9.10. The Bertz CT molecular complexity index is 293. The van der Waals surface area contributed by atoms with Gasteiger partial charge in [-0.25, -0.2) is 0 Å². The molecule has 2 aliphatic rings. The summed E-state index contributed by atoms with van der Waals surface area (Å²) in [7, 11) is 0. The van der Waals surface area contributed by atoms with Gasteiger partial charge in [0.15, 0.2) is 0 Å². The van der Waals surface area contributed by atoms with Crippen molar-refractivity contribution in [3.63, 3.8) is 0 Å². The van der Waals surface area contributed by atoms with E-state index >= 15 is 0 Å². The summed E-state index contributed by atoms with van der Waals surface area (Å²) in [6.45, 7) is 4.37. The number of ketones is 1. The summed E-state index contributed by atoms with van der Waals surface area (Å²) in [5, 5.41) is 0. The van der Waals surface area contributed by atoms with Crippen LogP contribution in [0.1, 0.15) is 39.5 Å². The first-order valence-corrected chi connectivity index (χ1v) is 6.14. The number of alkyl halides is 1. The van der Waals surface area contributed by atoms with Gasteiger partial charge in [0.2, 0.25) is 0 Å². The molecule has 0 heterocycles. The average Bonchev–Trinajstić information content (AvgIpc) is 2.08. The van der Waals surface area contributed by atoms with Crippen molar-refractivity contribution >= 4 is 21.7 Å². The van der Waals surface area contributed by atoms with Crippen molar-refractivity contribution in [1.29, 1.82) is 0 Å². The Hall–Kier alpha value is -0.110. The molecule has 1 fully saturated rings. The van der Waals surface area contributed by atoms with Crippen LogP contribution < -0.4 is 0 Å². The minimum atomic E-state index is 0.0319. The maximum atomic E-state index is 11.9. The number of carbonyl (C=O) groups is 1. The van der Waals surface area contributed by atoms with E-state index in [0.29, 0.717) is 5.78 Å². The largest absolute Gasteiger partial charge is 0.299 e. The molecule has 0 aromatic heterocycles. The lowest BCUT2D eigenvalue weighted by Crippen LogP contribution is -2.42. The smallest absolute Gasteiger partial charge is 0.136 e. The Balaban J connectivity index is 2.33. The molecule has 14 heavy (non-hydrogen) atoms. The van der Waals surface area contributed by atoms with E-state index in [-0.39, 0.29) is 15.7 Å². The van der Waals surface area contributed by atoms with E-state index < -0.39 is 0 Å². The molecular weight excluding hydrogens is 240 g/mol. The summed E-state index contributed by atoms with van der Waals surface area (Å²) in [5.74, 6) is 0.708. The van der Waals surface area contributed by atoms with Gasteiger partial charge in [-0.2, -0.15) is 0 Å². The molecule has 0 radical (unpaired) electrons. The van der Waals surface area contributed by atoms with E-state index in [4.69, 9.17) is 0 Å². The second-order valence-electron chi connectivity index (χ2n) is 5.19. The quantitative estimate of drug-likeness (QED) is 0.479. The minimum absolute atomic E-state index is 0.0319. The zero-order chi connectivity index (χ0) is 10.4. The number of hydrogen-bond donors (Lipinski definition) is 0. The summed E-state index contributed by atoms with van der Waals surface area (Å²) in [5.41, 5.74) is 0.141. The van der Waals surface area contributed by atoms with Gasteiger partial charge in [-0.3, -0.25) is 4.79 Å². The Morgan fingerprint density at radius 1 is 1.43 bits per heavy atom. The number of rotatable bonds is 0. The van der Waals surface area contributed by atoms with E-state index in [1.54, 1.807) is 0 Å². The lowest BCUT2D eigenvalue weighted by atomic mass is 9.61. The van der Waals surface area contributed by atoms with Crippen LogP contribution in [0.15, 0.2) is 12.2 Å². The Kier molecular flexibility index (Phi) is 2.37. The van der Waals surface area contributed by atoms with Crippen LogP contribution >= 0.6 is 15.9 Å². The van der Waals surface area contributed by atoms with Crippen molar-refractivity contribution in [2.45, 2.75) is 43.9 Å². The molecule has 3 atom stereocenters. The molecule has 0 N–H and O–H groups in total. The number of hydrogen-bond acceptors (Lipinski definition) is 1. The summed E-state index contributed by atoms with van der Waals surface area (Å²) in [4.78, 5) is 11.9. The second kappa shape index (κ2) is 3.19. The molecule has 0 aliphatic heterocycles. The molecule has 2 rings (SSSR count). The highest BCUT2D eigenvalue weighted by Crippen LogP contribution is 2.49. The molecule has 0 saturated heterocycles. The molecule has 2 heteroatoms. The maximum absolute atomic E-state index is 11.9. The monoisotopic (exact) mass is 256 g/mol. The lowest BCUT2D eigenvalue weighted by Gasteiger charge is -2.44. The highest BCUT2D eigenvalue weighted by atomic mass is 79.9. The molecule has 0 amide bonds. The van der Waals surface area contributed by atoms with Crippen LogP contribution in [0.3, 0.4) is 0 Å². The van der Waals surface area contributed by atoms with Crippen molar-refractivity contribution in [3.05, 3.63) is 12.2 Å². The maximum Gasteiger partial charge on any atom is 0.136 e. The number of Topliss-reactive ketones (excluding diaryl/α,β-unsaturated/α-hetero) is 1. The van der Waals surface area contributed by atoms with Gasteiger partial charge in [-0.1, -0.05) is 35.0 Å². The molecule has 1 nitrogen and oxygen atoms in total. The summed E-state index contributed by atoms with van der Waals surface area (Å²) >= 11 is 3.67. The van der Waals surface area contributed by atoms with Gasteiger partial charge in [0.05, 0.1) is 0 Å². The molecule has 0 bridgehead atoms. The van der Waals surface area contributed by atoms with Crippen LogP contribution in [-0.4, -0.2) is 10.1 Å². The molecule has 1 saturated carbocycles. The Morgan fingerprint density at radius 3 is 2.86 bits per heavy atom. The van der Waals surface area contributed by atoms with Gasteiger partial charge in [0.1, 0.15) is 5.78 Å². The second-order valence-corrected chi connectivity index (χ2v) is 7.01. The summed E-state index contributed by atoms with van der Waals surface area (Å²) in [6, 6.07) is 0. The molecule has 78 valence electrons. The molecule has 2 aliphatic carbocycles. The third-order valence-corrected chi connectivity index (χ3v) is 4.33. The fourth-order valence-electron chi connectivity index (χ4n) is 2.74. The van der Waals surface area contributed by atoms with Crippen molar-refractivity contribution in [3.8, 4) is 0 Å². The molecular formula is C12H17BrO. The van der Waals surface area contributed by atoms with E-state index in [2.05, 4.69) is 41.9 Å². The topological polar surface area (TPSA) is 17.1 Å². The number of carbonyl (C=O) groups excluding carboxylic acids is 1. The molecule has 0 spiro atoms. The fourth-order valence-corrected chi connectivity index (χ4v) is 3.19.